The molecule has 1 unspecified atom stereocenters. The number of nitrogens with zero attached hydrogens (tertiary/aromatic N) is 2. The van der Waals surface area contributed by atoms with Crippen molar-refractivity contribution in [3.8, 4) is 0 Å². The molecule has 1 saturated heterocycles. The number of nitrogens with one attached hydrogen (secondary N) is 2. The molecule has 0 radical (unpaired) electrons. The van der Waals surface area contributed by atoms with Crippen LogP contribution in [0.4, 0.5) is 0 Å². The molecule has 2 N–H and O–H groups in total. The zero-order chi connectivity index (χ0) is 15.8. The van der Waals surface area contributed by atoms with Crippen LogP contribution < -0.4 is 10.6 Å². The highest BCUT2D eigenvalue weighted by molar-refractivity contribution is 5.79. The Kier molecular flexibility index (Phi) is 6.72. The number of hydrogen-bond acceptors (Lipinski definition) is 2. The summed E-state index contributed by atoms with van der Waals surface area (Å²) in [5.41, 5.74) is 2.58. The molecule has 1 aromatic carbocycles. The van der Waals surface area contributed by atoms with E-state index in [0.29, 0.717) is 0 Å². The maximum Gasteiger partial charge on any atom is 0.191 e. The number of likely N-dealkylation sites (tertiary alicyclic amines) is 1. The fourth-order valence-corrected chi connectivity index (χ4v) is 2.95. The normalized spacial score (nSPS) is 19.4. The maximum absolute atomic E-state index is 4.32. The van der Waals surface area contributed by atoms with Crippen molar-refractivity contribution in [3.05, 3.63) is 35.4 Å². The van der Waals surface area contributed by atoms with E-state index in [0.717, 1.165) is 25.0 Å². The van der Waals surface area contributed by atoms with E-state index in [1.54, 1.807) is 0 Å². The number of aliphatic imine (C=N–C) groups is 1. The minimum atomic E-state index is 0.740. The second kappa shape index (κ2) is 8.79. The summed E-state index contributed by atoms with van der Waals surface area (Å²) in [4.78, 5) is 6.88. The summed E-state index contributed by atoms with van der Waals surface area (Å²) in [5, 5.41) is 6.86. The summed E-state index contributed by atoms with van der Waals surface area (Å²) < 4.78 is 0. The van der Waals surface area contributed by atoms with Gasteiger partial charge in [0.05, 0.1) is 0 Å². The van der Waals surface area contributed by atoms with E-state index in [1.807, 2.05) is 7.05 Å². The summed E-state index contributed by atoms with van der Waals surface area (Å²) in [7, 11) is 1.84. The molecule has 0 saturated carbocycles. The standard InChI is InChI=1S/C18H30N4/c1-4-10-22-11-9-17(14-22)13-21-18(19-3)20-12-16-7-5-15(2)6-8-16/h5-8,17H,4,9-14H2,1-3H3,(H2,19,20,21). The van der Waals surface area contributed by atoms with Gasteiger partial charge in [0.1, 0.15) is 0 Å². The lowest BCUT2D eigenvalue weighted by atomic mass is 10.1. The smallest absolute Gasteiger partial charge is 0.191 e. The predicted octanol–water partition coefficient (Wildman–Crippen LogP) is 2.39. The fourth-order valence-electron chi connectivity index (χ4n) is 2.95. The monoisotopic (exact) mass is 302 g/mol. The third-order valence-electron chi connectivity index (χ3n) is 4.27. The Labute approximate surface area is 135 Å². The summed E-state index contributed by atoms with van der Waals surface area (Å²) in [6, 6.07) is 8.62. The highest BCUT2D eigenvalue weighted by Gasteiger charge is 2.21. The van der Waals surface area contributed by atoms with Gasteiger partial charge in [-0.15, -0.1) is 0 Å². The minimum absolute atomic E-state index is 0.740. The summed E-state index contributed by atoms with van der Waals surface area (Å²) in [6.45, 7) is 9.88. The van der Waals surface area contributed by atoms with E-state index in [2.05, 4.69) is 58.6 Å². The van der Waals surface area contributed by atoms with Crippen molar-refractivity contribution in [1.29, 1.82) is 0 Å². The van der Waals surface area contributed by atoms with E-state index in [9.17, 15) is 0 Å². The predicted molar refractivity (Wildman–Crippen MR) is 94.2 cm³/mol. The third-order valence-corrected chi connectivity index (χ3v) is 4.27. The number of rotatable bonds is 6. The second-order valence-corrected chi connectivity index (χ2v) is 6.25. The first-order valence-corrected chi connectivity index (χ1v) is 8.43. The van der Waals surface area contributed by atoms with Crippen LogP contribution >= 0.6 is 0 Å². The zero-order valence-corrected chi connectivity index (χ0v) is 14.2. The molecule has 2 rings (SSSR count). The molecule has 1 aliphatic heterocycles. The van der Waals surface area contributed by atoms with Crippen molar-refractivity contribution in [3.63, 3.8) is 0 Å². The third kappa shape index (κ3) is 5.34. The molecule has 22 heavy (non-hydrogen) atoms. The second-order valence-electron chi connectivity index (χ2n) is 6.25. The molecular weight excluding hydrogens is 272 g/mol. The lowest BCUT2D eigenvalue weighted by Crippen LogP contribution is -2.39. The molecule has 0 spiro atoms. The van der Waals surface area contributed by atoms with E-state index >= 15 is 0 Å². The van der Waals surface area contributed by atoms with Crippen LogP contribution in [0.25, 0.3) is 0 Å². The quantitative estimate of drug-likeness (QED) is 0.626. The average molecular weight is 302 g/mol. The molecule has 1 aliphatic rings. The Morgan fingerprint density at radius 1 is 1.27 bits per heavy atom. The van der Waals surface area contributed by atoms with E-state index < -0.39 is 0 Å². The number of guanidine groups is 1. The topological polar surface area (TPSA) is 39.7 Å². The van der Waals surface area contributed by atoms with E-state index in [1.165, 1.54) is 43.6 Å². The van der Waals surface area contributed by atoms with Crippen molar-refractivity contribution in [2.45, 2.75) is 33.2 Å². The van der Waals surface area contributed by atoms with Crippen LogP contribution in [0.3, 0.4) is 0 Å². The van der Waals surface area contributed by atoms with Crippen molar-refractivity contribution in [2.24, 2.45) is 10.9 Å². The zero-order valence-electron chi connectivity index (χ0n) is 14.2. The fraction of sp³-hybridized carbons (Fsp3) is 0.611. The van der Waals surface area contributed by atoms with Crippen LogP contribution in [0, 0.1) is 12.8 Å². The Bertz CT molecular complexity index is 466. The van der Waals surface area contributed by atoms with Crippen LogP contribution in [-0.2, 0) is 6.54 Å². The lowest BCUT2D eigenvalue weighted by Gasteiger charge is -2.17. The summed E-state index contributed by atoms with van der Waals surface area (Å²) >= 11 is 0. The number of benzene rings is 1. The molecule has 0 bridgehead atoms. The minimum Gasteiger partial charge on any atom is -0.356 e. The van der Waals surface area contributed by atoms with Crippen LogP contribution in [0.5, 0.6) is 0 Å². The Morgan fingerprint density at radius 2 is 2.05 bits per heavy atom. The highest BCUT2D eigenvalue weighted by Crippen LogP contribution is 2.15. The van der Waals surface area contributed by atoms with Crippen LogP contribution in [0.15, 0.2) is 29.3 Å². The van der Waals surface area contributed by atoms with Gasteiger partial charge in [0.25, 0.3) is 0 Å². The van der Waals surface area contributed by atoms with Crippen molar-refractivity contribution in [2.75, 3.05) is 33.2 Å². The van der Waals surface area contributed by atoms with E-state index in [-0.39, 0.29) is 0 Å². The molecule has 0 amide bonds. The van der Waals surface area contributed by atoms with Gasteiger partial charge >= 0.3 is 0 Å². The Morgan fingerprint density at radius 3 is 2.73 bits per heavy atom. The van der Waals surface area contributed by atoms with Crippen molar-refractivity contribution >= 4 is 5.96 Å². The molecular formula is C18H30N4. The van der Waals surface area contributed by atoms with Crippen LogP contribution in [0.2, 0.25) is 0 Å². The van der Waals surface area contributed by atoms with Gasteiger partial charge in [0.2, 0.25) is 0 Å². The molecule has 1 fully saturated rings. The first-order valence-electron chi connectivity index (χ1n) is 8.43. The number of hydrogen-bond donors (Lipinski definition) is 2. The molecule has 1 aromatic rings. The van der Waals surface area contributed by atoms with E-state index in [4.69, 9.17) is 0 Å². The van der Waals surface area contributed by atoms with Gasteiger partial charge in [-0.25, -0.2) is 0 Å². The van der Waals surface area contributed by atoms with Gasteiger partial charge in [-0.3, -0.25) is 4.99 Å². The van der Waals surface area contributed by atoms with Gasteiger partial charge in [-0.2, -0.15) is 0 Å². The molecule has 1 heterocycles. The number of aryl methyl sites for hydroxylation is 1. The van der Waals surface area contributed by atoms with Crippen molar-refractivity contribution < 1.29 is 0 Å². The largest absolute Gasteiger partial charge is 0.356 e. The molecule has 4 heteroatoms. The summed E-state index contributed by atoms with van der Waals surface area (Å²) in [6.07, 6.45) is 2.54. The lowest BCUT2D eigenvalue weighted by molar-refractivity contribution is 0.324. The Balaban J connectivity index is 1.70. The van der Waals surface area contributed by atoms with Gasteiger partial charge in [-0.1, -0.05) is 36.8 Å². The van der Waals surface area contributed by atoms with Gasteiger partial charge in [0.15, 0.2) is 5.96 Å². The first-order chi connectivity index (χ1) is 10.7. The molecule has 0 aliphatic carbocycles. The molecule has 0 aromatic heterocycles. The SMILES string of the molecule is CCCN1CCC(CNC(=NC)NCc2ccc(C)cc2)C1. The van der Waals surface area contributed by atoms with Crippen LogP contribution in [-0.4, -0.2) is 44.1 Å². The molecule has 4 nitrogen and oxygen atoms in total. The highest BCUT2D eigenvalue weighted by atomic mass is 15.2. The molecule has 122 valence electrons. The van der Waals surface area contributed by atoms with Gasteiger partial charge < -0.3 is 15.5 Å². The van der Waals surface area contributed by atoms with Gasteiger partial charge in [-0.05, 0) is 44.3 Å². The maximum atomic E-state index is 4.32. The van der Waals surface area contributed by atoms with Gasteiger partial charge in [0, 0.05) is 26.7 Å². The average Bonchev–Trinajstić information content (AvgIpc) is 2.97. The van der Waals surface area contributed by atoms with Crippen molar-refractivity contribution in [1.82, 2.24) is 15.5 Å². The van der Waals surface area contributed by atoms with Crippen LogP contribution in [0.1, 0.15) is 30.9 Å². The summed E-state index contributed by atoms with van der Waals surface area (Å²) in [5.74, 6) is 1.64. The Hall–Kier alpha value is -1.55. The molecule has 1 atom stereocenters. The first kappa shape index (κ1) is 16.8.